The van der Waals surface area contributed by atoms with Gasteiger partial charge in [0.25, 0.3) is 0 Å². The molecule has 0 saturated heterocycles. The molecule has 3 aromatic carbocycles. The van der Waals surface area contributed by atoms with E-state index in [0.29, 0.717) is 6.07 Å². The molecule has 0 fully saturated rings. The number of nitriles is 1. The van der Waals surface area contributed by atoms with E-state index in [9.17, 15) is 31.8 Å². The Bertz CT molecular complexity index is 1630. The number of hydrogen-bond acceptors (Lipinski definition) is 7. The molecular weight excluding hydrogens is 521 g/mol. The monoisotopic (exact) mass is 542 g/mol. The lowest BCUT2D eigenvalue weighted by Crippen LogP contribution is -2.15. The zero-order chi connectivity index (χ0) is 27.7. The first-order valence-corrected chi connectivity index (χ1v) is 13.0. The van der Waals surface area contributed by atoms with Gasteiger partial charge in [0, 0.05) is 17.5 Å². The Morgan fingerprint density at radius 3 is 2.39 bits per heavy atom. The first kappa shape index (κ1) is 26.9. The van der Waals surface area contributed by atoms with Gasteiger partial charge in [-0.05, 0) is 48.0 Å². The van der Waals surface area contributed by atoms with Crippen molar-refractivity contribution >= 4 is 15.5 Å². The van der Waals surface area contributed by atoms with Crippen LogP contribution in [-0.4, -0.2) is 34.7 Å². The van der Waals surface area contributed by atoms with Crippen molar-refractivity contribution in [3.05, 3.63) is 107 Å². The number of aromatic nitrogens is 2. The molecule has 2 atom stereocenters. The summed E-state index contributed by atoms with van der Waals surface area (Å²) in [6.07, 6.45) is -6.78. The Morgan fingerprint density at radius 2 is 1.71 bits per heavy atom. The zero-order valence-electron chi connectivity index (χ0n) is 19.8. The fourth-order valence-electron chi connectivity index (χ4n) is 3.90. The summed E-state index contributed by atoms with van der Waals surface area (Å²) in [6.45, 7) is 0. The molecule has 1 heterocycles. The molecule has 0 bridgehead atoms. The SMILES string of the molecule is CS(=O)(=O)c1ccccc1C(O)c1cccc(NC(O)c2cc(C(F)(F)F)nn2-c2cccc(C#N)c2)c1. The molecule has 12 heteroatoms. The second-order valence-electron chi connectivity index (χ2n) is 8.41. The summed E-state index contributed by atoms with van der Waals surface area (Å²) in [5.74, 6) is 0. The highest BCUT2D eigenvalue weighted by Crippen LogP contribution is 2.33. The summed E-state index contributed by atoms with van der Waals surface area (Å²) in [4.78, 5) is -0.0471. The van der Waals surface area contributed by atoms with Gasteiger partial charge in [-0.3, -0.25) is 0 Å². The number of rotatable bonds is 7. The lowest BCUT2D eigenvalue weighted by atomic mass is 10.0. The molecule has 2 unspecified atom stereocenters. The number of halogens is 3. The summed E-state index contributed by atoms with van der Waals surface area (Å²) in [5, 5.41) is 37.2. The second-order valence-corrected chi connectivity index (χ2v) is 10.4. The molecule has 0 spiro atoms. The van der Waals surface area contributed by atoms with Crippen LogP contribution < -0.4 is 5.32 Å². The number of alkyl halides is 3. The molecule has 0 radical (unpaired) electrons. The van der Waals surface area contributed by atoms with Gasteiger partial charge in [-0.25, -0.2) is 13.1 Å². The van der Waals surface area contributed by atoms with E-state index in [-0.39, 0.29) is 38.7 Å². The van der Waals surface area contributed by atoms with Crippen molar-refractivity contribution in [2.45, 2.75) is 23.4 Å². The van der Waals surface area contributed by atoms with Gasteiger partial charge in [-0.2, -0.15) is 23.5 Å². The van der Waals surface area contributed by atoms with Gasteiger partial charge >= 0.3 is 6.18 Å². The highest BCUT2D eigenvalue weighted by molar-refractivity contribution is 7.90. The minimum Gasteiger partial charge on any atom is -0.384 e. The maximum Gasteiger partial charge on any atom is 0.435 e. The van der Waals surface area contributed by atoms with Crippen LogP contribution in [0.1, 0.15) is 40.4 Å². The normalized spacial score (nSPS) is 13.5. The summed E-state index contributed by atoms with van der Waals surface area (Å²) in [7, 11) is -3.63. The van der Waals surface area contributed by atoms with E-state index < -0.39 is 34.0 Å². The van der Waals surface area contributed by atoms with Crippen molar-refractivity contribution in [3.63, 3.8) is 0 Å². The third kappa shape index (κ3) is 5.70. The minimum absolute atomic E-state index is 0.0471. The molecule has 4 aromatic rings. The van der Waals surface area contributed by atoms with E-state index in [1.165, 1.54) is 60.7 Å². The number of hydrogen-bond donors (Lipinski definition) is 3. The largest absolute Gasteiger partial charge is 0.435 e. The van der Waals surface area contributed by atoms with Crippen LogP contribution in [0.5, 0.6) is 0 Å². The molecule has 8 nitrogen and oxygen atoms in total. The van der Waals surface area contributed by atoms with Crippen LogP contribution in [0.2, 0.25) is 0 Å². The molecule has 0 aliphatic carbocycles. The van der Waals surface area contributed by atoms with Crippen LogP contribution in [-0.2, 0) is 16.0 Å². The molecular formula is C26H21F3N4O4S. The van der Waals surface area contributed by atoms with E-state index in [2.05, 4.69) is 10.4 Å². The number of nitrogens with zero attached hydrogens (tertiary/aromatic N) is 3. The molecule has 0 aliphatic heterocycles. The molecule has 1 aromatic heterocycles. The fraction of sp³-hybridized carbons (Fsp3) is 0.154. The van der Waals surface area contributed by atoms with Crippen LogP contribution in [0.3, 0.4) is 0 Å². The predicted octanol–water partition coefficient (Wildman–Crippen LogP) is 4.35. The number of sulfone groups is 1. The van der Waals surface area contributed by atoms with Crippen molar-refractivity contribution in [1.29, 1.82) is 5.26 Å². The van der Waals surface area contributed by atoms with Crippen LogP contribution in [0.15, 0.2) is 83.8 Å². The molecule has 0 aliphatic rings. The molecule has 196 valence electrons. The van der Waals surface area contributed by atoms with E-state index in [0.717, 1.165) is 10.9 Å². The Morgan fingerprint density at radius 1 is 1.00 bits per heavy atom. The van der Waals surface area contributed by atoms with E-state index in [1.807, 2.05) is 6.07 Å². The number of anilines is 1. The van der Waals surface area contributed by atoms with Gasteiger partial charge in [0.2, 0.25) is 0 Å². The quantitative estimate of drug-likeness (QED) is 0.296. The average Bonchev–Trinajstić information content (AvgIpc) is 3.35. The maximum atomic E-state index is 13.5. The fourth-order valence-corrected chi connectivity index (χ4v) is 4.83. The van der Waals surface area contributed by atoms with Crippen LogP contribution >= 0.6 is 0 Å². The third-order valence-corrected chi connectivity index (χ3v) is 6.82. The Labute approximate surface area is 216 Å². The Hall–Kier alpha value is -4.18. The van der Waals surface area contributed by atoms with Crippen LogP contribution in [0, 0.1) is 11.3 Å². The third-order valence-electron chi connectivity index (χ3n) is 5.65. The maximum absolute atomic E-state index is 13.5. The van der Waals surface area contributed by atoms with Gasteiger partial charge in [0.15, 0.2) is 21.8 Å². The second kappa shape index (κ2) is 10.3. The summed E-state index contributed by atoms with van der Waals surface area (Å²) < 4.78 is 65.6. The summed E-state index contributed by atoms with van der Waals surface area (Å²) in [6, 6.07) is 20.3. The van der Waals surface area contributed by atoms with E-state index in [1.54, 1.807) is 12.1 Å². The molecule has 4 rings (SSSR count). The lowest BCUT2D eigenvalue weighted by molar-refractivity contribution is -0.141. The van der Waals surface area contributed by atoms with Crippen LogP contribution in [0.25, 0.3) is 5.69 Å². The topological polar surface area (TPSA) is 128 Å². The van der Waals surface area contributed by atoms with Crippen molar-refractivity contribution in [2.75, 3.05) is 11.6 Å². The lowest BCUT2D eigenvalue weighted by Gasteiger charge is -2.19. The Balaban J connectivity index is 1.68. The van der Waals surface area contributed by atoms with Crippen molar-refractivity contribution < 1.29 is 31.8 Å². The van der Waals surface area contributed by atoms with Gasteiger partial charge in [-0.1, -0.05) is 36.4 Å². The van der Waals surface area contributed by atoms with E-state index in [4.69, 9.17) is 5.26 Å². The standard InChI is InChI=1S/C26H21F3N4O4S/c1-38(36,37)22-11-3-2-10-20(22)24(34)17-7-5-8-18(13-17)31-25(35)21-14-23(26(27,28)29)32-33(21)19-9-4-6-16(12-19)15-30/h2-14,24-25,31,34-35H,1H3. The average molecular weight is 543 g/mol. The summed E-state index contributed by atoms with van der Waals surface area (Å²) in [5.41, 5.74) is -0.494. The number of benzene rings is 3. The predicted molar refractivity (Wildman–Crippen MR) is 132 cm³/mol. The number of aliphatic hydroxyl groups is 2. The first-order chi connectivity index (χ1) is 17.9. The van der Waals surface area contributed by atoms with Gasteiger partial charge in [0.1, 0.15) is 6.10 Å². The molecule has 0 saturated carbocycles. The van der Waals surface area contributed by atoms with Crippen molar-refractivity contribution in [2.24, 2.45) is 0 Å². The van der Waals surface area contributed by atoms with Crippen molar-refractivity contribution in [1.82, 2.24) is 9.78 Å². The highest BCUT2D eigenvalue weighted by Gasteiger charge is 2.36. The van der Waals surface area contributed by atoms with Gasteiger partial charge < -0.3 is 15.5 Å². The van der Waals surface area contributed by atoms with Crippen LogP contribution in [0.4, 0.5) is 18.9 Å². The highest BCUT2D eigenvalue weighted by atomic mass is 32.2. The van der Waals surface area contributed by atoms with Gasteiger partial charge in [0.05, 0.1) is 27.9 Å². The smallest absolute Gasteiger partial charge is 0.384 e. The summed E-state index contributed by atoms with van der Waals surface area (Å²) >= 11 is 0. The molecule has 38 heavy (non-hydrogen) atoms. The number of nitrogens with one attached hydrogen (secondary N) is 1. The van der Waals surface area contributed by atoms with Crippen molar-refractivity contribution in [3.8, 4) is 11.8 Å². The first-order valence-electron chi connectivity index (χ1n) is 11.1. The van der Waals surface area contributed by atoms with Gasteiger partial charge in [-0.15, -0.1) is 0 Å². The minimum atomic E-state index is -4.79. The number of aliphatic hydroxyl groups excluding tert-OH is 2. The Kier molecular flexibility index (Phi) is 7.28. The molecule has 3 N–H and O–H groups in total. The zero-order valence-corrected chi connectivity index (χ0v) is 20.6. The van der Waals surface area contributed by atoms with E-state index >= 15 is 0 Å². The molecule has 0 amide bonds.